The zero-order chi connectivity index (χ0) is 9.91. The second-order valence-corrected chi connectivity index (χ2v) is 5.97. The van der Waals surface area contributed by atoms with Crippen molar-refractivity contribution in [2.45, 2.75) is 52.4 Å². The van der Waals surface area contributed by atoms with Gasteiger partial charge in [-0.15, -0.1) is 0 Å². The second-order valence-electron chi connectivity index (χ2n) is 5.97. The van der Waals surface area contributed by atoms with Crippen LogP contribution in [-0.4, -0.2) is 5.92 Å². The van der Waals surface area contributed by atoms with Gasteiger partial charge in [0.2, 0.25) is 0 Å². The van der Waals surface area contributed by atoms with E-state index in [9.17, 15) is 8.78 Å². The number of rotatable bonds is 0. The van der Waals surface area contributed by atoms with E-state index in [-0.39, 0.29) is 11.8 Å². The van der Waals surface area contributed by atoms with E-state index in [4.69, 9.17) is 0 Å². The van der Waals surface area contributed by atoms with Gasteiger partial charge in [0.15, 0.2) is 0 Å². The minimum atomic E-state index is -2.33. The molecule has 2 saturated carbocycles. The molecule has 76 valence electrons. The smallest absolute Gasteiger partial charge is 0.206 e. The Bertz CT molecular complexity index is 227. The van der Waals surface area contributed by atoms with Crippen LogP contribution in [0.3, 0.4) is 0 Å². The first-order valence-electron chi connectivity index (χ1n) is 5.15. The molecule has 0 saturated heterocycles. The van der Waals surface area contributed by atoms with E-state index < -0.39 is 11.3 Å². The summed E-state index contributed by atoms with van der Waals surface area (Å²) >= 11 is 0. The zero-order valence-electron chi connectivity index (χ0n) is 8.66. The summed E-state index contributed by atoms with van der Waals surface area (Å²) in [4.78, 5) is 0. The predicted octanol–water partition coefficient (Wildman–Crippen LogP) is 3.86. The van der Waals surface area contributed by atoms with E-state index in [2.05, 4.69) is 20.8 Å². The highest BCUT2D eigenvalue weighted by Gasteiger charge is 2.72. The Morgan fingerprint density at radius 1 is 1.23 bits per heavy atom. The van der Waals surface area contributed by atoms with Crippen molar-refractivity contribution in [3.63, 3.8) is 0 Å². The summed E-state index contributed by atoms with van der Waals surface area (Å²) in [5.74, 6) is -1.83. The Balaban J connectivity index is 2.05. The molecule has 2 atom stereocenters. The third kappa shape index (κ3) is 1.29. The van der Waals surface area contributed by atoms with Gasteiger partial charge in [0.25, 0.3) is 5.92 Å². The van der Waals surface area contributed by atoms with Crippen LogP contribution < -0.4 is 0 Å². The lowest BCUT2D eigenvalue weighted by Gasteiger charge is -2.26. The van der Waals surface area contributed by atoms with Crippen LogP contribution in [0.5, 0.6) is 0 Å². The quantitative estimate of drug-likeness (QED) is 0.541. The van der Waals surface area contributed by atoms with Crippen molar-refractivity contribution < 1.29 is 8.78 Å². The standard InChI is InChI=1S/C11H18F2/c1-9(2,3)8-4-5-10(6-8)7-11(10,12)13/h8H,4-7H2,1-3H3. The van der Waals surface area contributed by atoms with Crippen molar-refractivity contribution >= 4 is 0 Å². The van der Waals surface area contributed by atoms with Crippen molar-refractivity contribution in [3.05, 3.63) is 0 Å². The fraction of sp³-hybridized carbons (Fsp3) is 1.00. The topological polar surface area (TPSA) is 0 Å². The average molecular weight is 188 g/mol. The van der Waals surface area contributed by atoms with E-state index in [1.165, 1.54) is 0 Å². The molecular formula is C11H18F2. The van der Waals surface area contributed by atoms with Crippen molar-refractivity contribution in [3.8, 4) is 0 Å². The second kappa shape index (κ2) is 2.26. The lowest BCUT2D eigenvalue weighted by Crippen LogP contribution is -2.18. The molecule has 2 fully saturated rings. The molecule has 0 bridgehead atoms. The van der Waals surface area contributed by atoms with Gasteiger partial charge in [-0.25, -0.2) is 8.78 Å². The predicted molar refractivity (Wildman–Crippen MR) is 48.8 cm³/mol. The average Bonchev–Trinajstić information content (AvgIpc) is 2.38. The maximum atomic E-state index is 13.1. The van der Waals surface area contributed by atoms with Gasteiger partial charge in [-0.1, -0.05) is 20.8 Å². The van der Waals surface area contributed by atoms with E-state index in [0.29, 0.717) is 5.92 Å². The fourth-order valence-electron chi connectivity index (χ4n) is 2.74. The van der Waals surface area contributed by atoms with E-state index in [1.807, 2.05) is 0 Å². The third-order valence-corrected chi connectivity index (χ3v) is 4.04. The molecular weight excluding hydrogens is 170 g/mol. The number of hydrogen-bond acceptors (Lipinski definition) is 0. The van der Waals surface area contributed by atoms with Gasteiger partial charge in [0.1, 0.15) is 0 Å². The molecule has 2 aliphatic carbocycles. The molecule has 2 aliphatic rings. The molecule has 0 aromatic carbocycles. The highest BCUT2D eigenvalue weighted by molar-refractivity contribution is 5.14. The zero-order valence-corrected chi connectivity index (χ0v) is 8.66. The van der Waals surface area contributed by atoms with Crippen LogP contribution in [0.4, 0.5) is 8.78 Å². The Labute approximate surface area is 78.7 Å². The normalized spacial score (nSPS) is 42.7. The lowest BCUT2D eigenvalue weighted by molar-refractivity contribution is 0.0616. The Hall–Kier alpha value is -0.140. The first-order valence-corrected chi connectivity index (χ1v) is 5.15. The summed E-state index contributed by atoms with van der Waals surface area (Å²) < 4.78 is 26.1. The fourth-order valence-corrected chi connectivity index (χ4v) is 2.74. The van der Waals surface area contributed by atoms with Crippen LogP contribution in [0.15, 0.2) is 0 Å². The van der Waals surface area contributed by atoms with Crippen LogP contribution in [0.25, 0.3) is 0 Å². The van der Waals surface area contributed by atoms with Gasteiger partial charge < -0.3 is 0 Å². The van der Waals surface area contributed by atoms with Gasteiger partial charge in [-0.3, -0.25) is 0 Å². The molecule has 0 aliphatic heterocycles. The molecule has 0 amide bonds. The summed E-state index contributed by atoms with van der Waals surface area (Å²) in [6.07, 6.45) is 2.66. The maximum absolute atomic E-state index is 13.1. The molecule has 0 nitrogen and oxygen atoms in total. The van der Waals surface area contributed by atoms with E-state index in [0.717, 1.165) is 19.3 Å². The first-order chi connectivity index (χ1) is 5.77. The van der Waals surface area contributed by atoms with Crippen LogP contribution in [-0.2, 0) is 0 Å². The van der Waals surface area contributed by atoms with Gasteiger partial charge in [0, 0.05) is 11.8 Å². The van der Waals surface area contributed by atoms with Crippen LogP contribution in [0, 0.1) is 16.7 Å². The molecule has 0 aromatic heterocycles. The number of halogens is 2. The SMILES string of the molecule is CC(C)(C)C1CCC2(C1)CC2(F)F. The summed E-state index contributed by atoms with van der Waals surface area (Å²) in [7, 11) is 0. The number of alkyl halides is 2. The lowest BCUT2D eigenvalue weighted by atomic mass is 9.79. The van der Waals surface area contributed by atoms with Gasteiger partial charge >= 0.3 is 0 Å². The van der Waals surface area contributed by atoms with Crippen molar-refractivity contribution in [2.75, 3.05) is 0 Å². The van der Waals surface area contributed by atoms with Crippen molar-refractivity contribution in [1.29, 1.82) is 0 Å². The molecule has 2 rings (SSSR count). The van der Waals surface area contributed by atoms with Crippen molar-refractivity contribution in [1.82, 2.24) is 0 Å². The Morgan fingerprint density at radius 3 is 2.00 bits per heavy atom. The highest BCUT2D eigenvalue weighted by atomic mass is 19.3. The first kappa shape index (κ1) is 9.42. The molecule has 2 heteroatoms. The molecule has 0 aromatic rings. The van der Waals surface area contributed by atoms with Crippen LogP contribution in [0.1, 0.15) is 46.5 Å². The molecule has 0 radical (unpaired) electrons. The third-order valence-electron chi connectivity index (χ3n) is 4.04. The molecule has 13 heavy (non-hydrogen) atoms. The van der Waals surface area contributed by atoms with Gasteiger partial charge in [-0.2, -0.15) is 0 Å². The van der Waals surface area contributed by atoms with E-state index >= 15 is 0 Å². The van der Waals surface area contributed by atoms with Gasteiger partial charge in [0.05, 0.1) is 0 Å². The summed E-state index contributed by atoms with van der Waals surface area (Å²) in [5, 5.41) is 0. The minimum Gasteiger partial charge on any atom is -0.206 e. The Kier molecular flexibility index (Phi) is 1.64. The van der Waals surface area contributed by atoms with Crippen LogP contribution in [0.2, 0.25) is 0 Å². The summed E-state index contributed by atoms with van der Waals surface area (Å²) in [5.41, 5.74) is -0.354. The monoisotopic (exact) mass is 188 g/mol. The minimum absolute atomic E-state index is 0.159. The largest absolute Gasteiger partial charge is 0.254 e. The summed E-state index contributed by atoms with van der Waals surface area (Å²) in [6.45, 7) is 6.49. The highest BCUT2D eigenvalue weighted by Crippen LogP contribution is 2.71. The maximum Gasteiger partial charge on any atom is 0.254 e. The molecule has 0 N–H and O–H groups in total. The molecule has 2 unspecified atom stereocenters. The molecule has 0 heterocycles. The van der Waals surface area contributed by atoms with Gasteiger partial charge in [-0.05, 0) is 30.6 Å². The van der Waals surface area contributed by atoms with E-state index in [1.54, 1.807) is 0 Å². The number of hydrogen-bond donors (Lipinski definition) is 0. The Morgan fingerprint density at radius 2 is 1.77 bits per heavy atom. The van der Waals surface area contributed by atoms with Crippen molar-refractivity contribution in [2.24, 2.45) is 16.7 Å². The van der Waals surface area contributed by atoms with Crippen LogP contribution >= 0.6 is 0 Å². The summed E-state index contributed by atoms with van der Waals surface area (Å²) in [6, 6.07) is 0. The molecule has 1 spiro atoms.